The van der Waals surface area contributed by atoms with Crippen molar-refractivity contribution in [3.63, 3.8) is 0 Å². The molecule has 3 heteroatoms. The normalized spacial score (nSPS) is 30.2. The van der Waals surface area contributed by atoms with Crippen LogP contribution in [0.1, 0.15) is 47.5 Å². The molecule has 1 N–H and O–H groups in total. The van der Waals surface area contributed by atoms with E-state index in [9.17, 15) is 0 Å². The number of hydrogen-bond acceptors (Lipinski definition) is 3. The molecular weight excluding hydrogens is 202 g/mol. The maximum absolute atomic E-state index is 5.99. The molecule has 3 unspecified atom stereocenters. The predicted molar refractivity (Wildman–Crippen MR) is 66.7 cm³/mol. The molecule has 0 saturated heterocycles. The van der Waals surface area contributed by atoms with E-state index in [1.54, 1.807) is 0 Å². The van der Waals surface area contributed by atoms with Crippen LogP contribution in [-0.4, -0.2) is 37.0 Å². The fraction of sp³-hybridized carbons (Fsp3) is 1.00. The summed E-state index contributed by atoms with van der Waals surface area (Å²) in [6, 6.07) is 0.476. The van der Waals surface area contributed by atoms with Crippen LogP contribution in [0.25, 0.3) is 0 Å². The van der Waals surface area contributed by atoms with E-state index in [-0.39, 0.29) is 17.8 Å². The summed E-state index contributed by atoms with van der Waals surface area (Å²) in [6.45, 7) is 12.4. The molecule has 0 heterocycles. The number of rotatable bonds is 6. The molecule has 16 heavy (non-hydrogen) atoms. The van der Waals surface area contributed by atoms with Crippen molar-refractivity contribution >= 4 is 0 Å². The Kier molecular flexibility index (Phi) is 5.22. The summed E-state index contributed by atoms with van der Waals surface area (Å²) in [7, 11) is 0. The van der Waals surface area contributed by atoms with E-state index >= 15 is 0 Å². The Bertz CT molecular complexity index is 201. The van der Waals surface area contributed by atoms with E-state index in [0.29, 0.717) is 6.04 Å². The summed E-state index contributed by atoms with van der Waals surface area (Å²) in [4.78, 5) is 0. The van der Waals surface area contributed by atoms with Crippen LogP contribution >= 0.6 is 0 Å². The van der Waals surface area contributed by atoms with Crippen LogP contribution in [0.15, 0.2) is 0 Å². The third kappa shape index (κ3) is 4.04. The molecule has 0 radical (unpaired) electrons. The van der Waals surface area contributed by atoms with Crippen molar-refractivity contribution in [3.8, 4) is 0 Å². The van der Waals surface area contributed by atoms with Gasteiger partial charge in [-0.05, 0) is 40.2 Å². The summed E-state index contributed by atoms with van der Waals surface area (Å²) >= 11 is 0. The average Bonchev–Trinajstić information content (AvgIpc) is 2.15. The van der Waals surface area contributed by atoms with Gasteiger partial charge in [-0.1, -0.05) is 13.8 Å². The zero-order valence-electron chi connectivity index (χ0n) is 11.4. The Balaban J connectivity index is 2.40. The van der Waals surface area contributed by atoms with Gasteiger partial charge in [0.05, 0.1) is 17.8 Å². The fourth-order valence-electron chi connectivity index (χ4n) is 2.09. The quantitative estimate of drug-likeness (QED) is 0.758. The lowest BCUT2D eigenvalue weighted by Gasteiger charge is -2.46. The molecule has 96 valence electrons. The average molecular weight is 229 g/mol. The number of nitrogens with one attached hydrogen (secondary N) is 1. The largest absolute Gasteiger partial charge is 0.374 e. The summed E-state index contributed by atoms with van der Waals surface area (Å²) in [5.41, 5.74) is -0.0737. The van der Waals surface area contributed by atoms with Gasteiger partial charge in [0.2, 0.25) is 0 Å². The molecule has 0 spiro atoms. The van der Waals surface area contributed by atoms with Crippen LogP contribution in [0.2, 0.25) is 0 Å². The molecule has 0 aromatic heterocycles. The Labute approximate surface area is 99.9 Å². The molecule has 1 aliphatic rings. The molecule has 1 fully saturated rings. The first-order chi connectivity index (χ1) is 7.48. The smallest absolute Gasteiger partial charge is 0.0990 e. The molecule has 1 aliphatic carbocycles. The monoisotopic (exact) mass is 229 g/mol. The minimum absolute atomic E-state index is 0.0737. The first-order valence-corrected chi connectivity index (χ1v) is 6.50. The highest BCUT2D eigenvalue weighted by atomic mass is 16.6. The van der Waals surface area contributed by atoms with Crippen LogP contribution in [0, 0.1) is 0 Å². The lowest BCUT2D eigenvalue weighted by molar-refractivity contribution is -0.187. The highest BCUT2D eigenvalue weighted by molar-refractivity contribution is 4.98. The molecule has 1 saturated carbocycles. The summed E-state index contributed by atoms with van der Waals surface area (Å²) in [5.74, 6) is 0. The van der Waals surface area contributed by atoms with Gasteiger partial charge in [-0.15, -0.1) is 0 Å². The Morgan fingerprint density at radius 1 is 1.25 bits per heavy atom. The van der Waals surface area contributed by atoms with Crippen LogP contribution in [0.4, 0.5) is 0 Å². The predicted octanol–water partition coefficient (Wildman–Crippen LogP) is 2.35. The summed E-state index contributed by atoms with van der Waals surface area (Å²) < 4.78 is 11.9. The Morgan fingerprint density at radius 2 is 1.94 bits per heavy atom. The number of hydrogen-bond donors (Lipinski definition) is 1. The van der Waals surface area contributed by atoms with Crippen molar-refractivity contribution in [2.75, 3.05) is 13.2 Å². The van der Waals surface area contributed by atoms with Crippen molar-refractivity contribution in [3.05, 3.63) is 0 Å². The topological polar surface area (TPSA) is 30.5 Å². The van der Waals surface area contributed by atoms with Gasteiger partial charge in [0, 0.05) is 12.6 Å². The van der Waals surface area contributed by atoms with E-state index < -0.39 is 0 Å². The van der Waals surface area contributed by atoms with Crippen molar-refractivity contribution in [1.29, 1.82) is 0 Å². The standard InChI is InChI=1S/C13H27NO2/c1-6-8-15-12-10(14-7-2)9-11(12)16-13(3,4)5/h10-12,14H,6-9H2,1-5H3. The Morgan fingerprint density at radius 3 is 2.44 bits per heavy atom. The summed E-state index contributed by atoms with van der Waals surface area (Å²) in [5, 5.41) is 3.45. The maximum Gasteiger partial charge on any atom is 0.0990 e. The molecule has 3 atom stereocenters. The molecular formula is C13H27NO2. The molecule has 0 aromatic rings. The van der Waals surface area contributed by atoms with Crippen LogP contribution < -0.4 is 5.32 Å². The number of ether oxygens (including phenoxy) is 2. The van der Waals surface area contributed by atoms with Crippen molar-refractivity contribution in [1.82, 2.24) is 5.32 Å². The lowest BCUT2D eigenvalue weighted by Crippen LogP contribution is -2.61. The maximum atomic E-state index is 5.99. The van der Waals surface area contributed by atoms with Gasteiger partial charge in [-0.25, -0.2) is 0 Å². The lowest BCUT2D eigenvalue weighted by atomic mass is 9.84. The third-order valence-corrected chi connectivity index (χ3v) is 2.73. The second kappa shape index (κ2) is 5.99. The zero-order chi connectivity index (χ0) is 12.2. The molecule has 3 nitrogen and oxygen atoms in total. The molecule has 0 aromatic carbocycles. The highest BCUT2D eigenvalue weighted by Gasteiger charge is 2.43. The van der Waals surface area contributed by atoms with Crippen LogP contribution in [0.3, 0.4) is 0 Å². The van der Waals surface area contributed by atoms with E-state index in [1.807, 2.05) is 0 Å². The highest BCUT2D eigenvalue weighted by Crippen LogP contribution is 2.30. The second-order valence-electron chi connectivity index (χ2n) is 5.50. The van der Waals surface area contributed by atoms with E-state index in [1.165, 1.54) is 0 Å². The zero-order valence-corrected chi connectivity index (χ0v) is 11.4. The van der Waals surface area contributed by atoms with E-state index in [0.717, 1.165) is 26.0 Å². The second-order valence-corrected chi connectivity index (χ2v) is 5.50. The van der Waals surface area contributed by atoms with E-state index in [2.05, 4.69) is 39.9 Å². The first-order valence-electron chi connectivity index (χ1n) is 6.50. The van der Waals surface area contributed by atoms with Crippen molar-refractivity contribution < 1.29 is 9.47 Å². The minimum Gasteiger partial charge on any atom is -0.374 e. The molecule has 0 amide bonds. The third-order valence-electron chi connectivity index (χ3n) is 2.73. The van der Waals surface area contributed by atoms with Crippen molar-refractivity contribution in [2.45, 2.75) is 71.3 Å². The van der Waals surface area contributed by atoms with Gasteiger partial charge in [0.25, 0.3) is 0 Å². The van der Waals surface area contributed by atoms with E-state index in [4.69, 9.17) is 9.47 Å². The van der Waals surface area contributed by atoms with Crippen molar-refractivity contribution in [2.24, 2.45) is 0 Å². The van der Waals surface area contributed by atoms with Gasteiger partial charge in [0.15, 0.2) is 0 Å². The van der Waals surface area contributed by atoms with Gasteiger partial charge in [-0.3, -0.25) is 0 Å². The SMILES string of the molecule is CCCOC1C(NCC)CC1OC(C)(C)C. The van der Waals surface area contributed by atoms with Gasteiger partial charge < -0.3 is 14.8 Å². The molecule has 0 aliphatic heterocycles. The first kappa shape index (κ1) is 13.9. The van der Waals surface area contributed by atoms with Crippen LogP contribution in [0.5, 0.6) is 0 Å². The molecule has 1 rings (SSSR count). The minimum atomic E-state index is -0.0737. The Hall–Kier alpha value is -0.120. The molecule has 0 bridgehead atoms. The fourth-order valence-corrected chi connectivity index (χ4v) is 2.09. The summed E-state index contributed by atoms with van der Waals surface area (Å²) in [6.07, 6.45) is 2.63. The van der Waals surface area contributed by atoms with Gasteiger partial charge in [0.1, 0.15) is 0 Å². The van der Waals surface area contributed by atoms with Crippen LogP contribution in [-0.2, 0) is 9.47 Å². The number of likely N-dealkylation sites (N-methyl/N-ethyl adjacent to an activating group) is 1. The van der Waals surface area contributed by atoms with Gasteiger partial charge >= 0.3 is 0 Å². The van der Waals surface area contributed by atoms with Gasteiger partial charge in [-0.2, -0.15) is 0 Å².